The van der Waals surface area contributed by atoms with E-state index in [1.807, 2.05) is 20.8 Å². The molecule has 1 unspecified atom stereocenters. The summed E-state index contributed by atoms with van der Waals surface area (Å²) in [5.41, 5.74) is 4.38. The average molecular weight is 246 g/mol. The topological polar surface area (TPSA) is 59.2 Å². The van der Waals surface area contributed by atoms with Crippen LogP contribution in [0.3, 0.4) is 0 Å². The summed E-state index contributed by atoms with van der Waals surface area (Å²) in [6.07, 6.45) is -0.0845. The van der Waals surface area contributed by atoms with Gasteiger partial charge in [0.2, 0.25) is 5.82 Å². The summed E-state index contributed by atoms with van der Waals surface area (Å²) in [5, 5.41) is 13.5. The second-order valence-corrected chi connectivity index (χ2v) is 4.66. The van der Waals surface area contributed by atoms with Gasteiger partial charge in [0.1, 0.15) is 6.10 Å². The minimum Gasteiger partial charge on any atom is -0.385 e. The van der Waals surface area contributed by atoms with Crippen LogP contribution < -0.4 is 0 Å². The van der Waals surface area contributed by atoms with Crippen LogP contribution in [0.2, 0.25) is 0 Å². The molecule has 96 valence electrons. The van der Waals surface area contributed by atoms with Gasteiger partial charge in [0.25, 0.3) is 5.89 Å². The predicted molar refractivity (Wildman–Crippen MR) is 69.2 cm³/mol. The maximum Gasteiger partial charge on any atom is 0.258 e. The maximum absolute atomic E-state index is 9.69. The Morgan fingerprint density at radius 1 is 1.22 bits per heavy atom. The summed E-state index contributed by atoms with van der Waals surface area (Å²) < 4.78 is 5.25. The van der Waals surface area contributed by atoms with Crippen LogP contribution in [-0.2, 0) is 0 Å². The van der Waals surface area contributed by atoms with Crippen LogP contribution in [0.5, 0.6) is 0 Å². The molecule has 0 aliphatic carbocycles. The normalized spacial score (nSPS) is 12.7. The third-order valence-electron chi connectivity index (χ3n) is 3.02. The smallest absolute Gasteiger partial charge is 0.258 e. The van der Waals surface area contributed by atoms with E-state index in [0.717, 1.165) is 16.7 Å². The number of aryl methyl sites for hydroxylation is 3. The summed E-state index contributed by atoms with van der Waals surface area (Å²) in [5.74, 6) is 0.833. The van der Waals surface area contributed by atoms with Crippen molar-refractivity contribution in [1.82, 2.24) is 10.1 Å². The molecule has 2 aromatic rings. The fourth-order valence-electron chi connectivity index (χ4n) is 2.17. The van der Waals surface area contributed by atoms with E-state index in [9.17, 15) is 5.11 Å². The van der Waals surface area contributed by atoms with Crippen LogP contribution >= 0.6 is 0 Å². The first kappa shape index (κ1) is 12.8. The maximum atomic E-state index is 9.69. The average Bonchev–Trinajstić information content (AvgIpc) is 2.76. The van der Waals surface area contributed by atoms with Gasteiger partial charge in [-0.3, -0.25) is 0 Å². The molecule has 1 N–H and O–H groups in total. The highest BCUT2D eigenvalue weighted by Gasteiger charge is 2.17. The largest absolute Gasteiger partial charge is 0.385 e. The van der Waals surface area contributed by atoms with Crippen LogP contribution in [0.4, 0.5) is 0 Å². The number of aliphatic hydroxyl groups is 1. The highest BCUT2D eigenvalue weighted by molar-refractivity contribution is 5.63. The molecule has 1 aromatic carbocycles. The van der Waals surface area contributed by atoms with Gasteiger partial charge in [0.15, 0.2) is 0 Å². The van der Waals surface area contributed by atoms with Crippen molar-refractivity contribution in [3.05, 3.63) is 34.6 Å². The van der Waals surface area contributed by atoms with Gasteiger partial charge in [0.05, 0.1) is 0 Å². The third kappa shape index (κ3) is 2.29. The summed E-state index contributed by atoms with van der Waals surface area (Å²) in [6, 6.07) is 4.17. The number of hydrogen-bond donors (Lipinski definition) is 1. The molecule has 0 bridgehead atoms. The molecule has 18 heavy (non-hydrogen) atoms. The summed E-state index contributed by atoms with van der Waals surface area (Å²) >= 11 is 0. The first-order chi connectivity index (χ1) is 8.52. The molecular formula is C14H18N2O2. The first-order valence-corrected chi connectivity index (χ1v) is 6.12. The van der Waals surface area contributed by atoms with Crippen LogP contribution in [0.15, 0.2) is 16.7 Å². The van der Waals surface area contributed by atoms with Crippen molar-refractivity contribution in [2.75, 3.05) is 0 Å². The molecule has 4 heteroatoms. The van der Waals surface area contributed by atoms with E-state index in [2.05, 4.69) is 29.2 Å². The summed E-state index contributed by atoms with van der Waals surface area (Å²) in [6.45, 7) is 7.98. The zero-order valence-electron chi connectivity index (χ0n) is 11.2. The van der Waals surface area contributed by atoms with E-state index in [1.54, 1.807) is 0 Å². The molecule has 0 saturated heterocycles. The van der Waals surface area contributed by atoms with E-state index in [-0.39, 0.29) is 0 Å². The number of nitrogens with zero attached hydrogens (tertiary/aromatic N) is 2. The van der Waals surface area contributed by atoms with Crippen LogP contribution in [0.25, 0.3) is 11.5 Å². The highest BCUT2D eigenvalue weighted by atomic mass is 16.5. The Balaban J connectivity index is 2.46. The molecular weight excluding hydrogens is 228 g/mol. The first-order valence-electron chi connectivity index (χ1n) is 6.12. The predicted octanol–water partition coefficient (Wildman–Crippen LogP) is 3.11. The second-order valence-electron chi connectivity index (χ2n) is 4.66. The quantitative estimate of drug-likeness (QED) is 0.904. The molecule has 1 aromatic heterocycles. The lowest BCUT2D eigenvalue weighted by atomic mass is 10.00. The Hall–Kier alpha value is -1.68. The fourth-order valence-corrected chi connectivity index (χ4v) is 2.17. The number of aliphatic hydroxyl groups excluding tert-OH is 1. The monoisotopic (exact) mass is 246 g/mol. The standard InChI is InChI=1S/C14H18N2O2/c1-5-11(17)13-15-14(18-16-13)12-9(3)6-8(2)7-10(12)4/h6-7,11,17H,5H2,1-4H3. The van der Waals surface area contributed by atoms with E-state index in [0.29, 0.717) is 18.1 Å². The molecule has 0 fully saturated rings. The van der Waals surface area contributed by atoms with Gasteiger partial charge in [-0.15, -0.1) is 0 Å². The molecule has 0 aliphatic rings. The lowest BCUT2D eigenvalue weighted by molar-refractivity contribution is 0.159. The van der Waals surface area contributed by atoms with Crippen LogP contribution in [0.1, 0.15) is 42.0 Å². The highest BCUT2D eigenvalue weighted by Crippen LogP contribution is 2.28. The Morgan fingerprint density at radius 3 is 2.39 bits per heavy atom. The van der Waals surface area contributed by atoms with Gasteiger partial charge in [0, 0.05) is 5.56 Å². The van der Waals surface area contributed by atoms with Crippen molar-refractivity contribution >= 4 is 0 Å². The molecule has 4 nitrogen and oxygen atoms in total. The number of benzene rings is 1. The van der Waals surface area contributed by atoms with E-state index in [1.165, 1.54) is 5.56 Å². The van der Waals surface area contributed by atoms with Crippen LogP contribution in [-0.4, -0.2) is 15.2 Å². The van der Waals surface area contributed by atoms with E-state index >= 15 is 0 Å². The van der Waals surface area contributed by atoms with Gasteiger partial charge < -0.3 is 9.63 Å². The molecule has 0 saturated carbocycles. The molecule has 1 heterocycles. The molecule has 1 atom stereocenters. The van der Waals surface area contributed by atoms with E-state index in [4.69, 9.17) is 4.52 Å². The van der Waals surface area contributed by atoms with Crippen molar-refractivity contribution < 1.29 is 9.63 Å². The molecule has 0 amide bonds. The minimum atomic E-state index is -0.659. The SMILES string of the molecule is CCC(O)c1noc(-c2c(C)cc(C)cc2C)n1. The molecule has 0 aliphatic heterocycles. The number of aromatic nitrogens is 2. The van der Waals surface area contributed by atoms with Crippen molar-refractivity contribution in [2.24, 2.45) is 0 Å². The lowest BCUT2D eigenvalue weighted by Gasteiger charge is -2.06. The van der Waals surface area contributed by atoms with Crippen LogP contribution in [0, 0.1) is 20.8 Å². The Kier molecular flexibility index (Phi) is 3.48. The van der Waals surface area contributed by atoms with E-state index < -0.39 is 6.10 Å². The van der Waals surface area contributed by atoms with Gasteiger partial charge in [-0.2, -0.15) is 4.98 Å². The Bertz CT molecular complexity index is 538. The lowest BCUT2D eigenvalue weighted by Crippen LogP contribution is -1.97. The fraction of sp³-hybridized carbons (Fsp3) is 0.429. The zero-order chi connectivity index (χ0) is 13.3. The minimum absolute atomic E-state index is 0.354. The van der Waals surface area contributed by atoms with Crippen molar-refractivity contribution in [1.29, 1.82) is 0 Å². The third-order valence-corrected chi connectivity index (χ3v) is 3.02. The van der Waals surface area contributed by atoms with Crippen molar-refractivity contribution in [3.63, 3.8) is 0 Å². The second kappa shape index (κ2) is 4.90. The zero-order valence-corrected chi connectivity index (χ0v) is 11.2. The number of hydrogen-bond acceptors (Lipinski definition) is 4. The Morgan fingerprint density at radius 2 is 1.83 bits per heavy atom. The number of rotatable bonds is 3. The molecule has 0 spiro atoms. The van der Waals surface area contributed by atoms with Gasteiger partial charge in [-0.1, -0.05) is 29.8 Å². The van der Waals surface area contributed by atoms with Gasteiger partial charge in [-0.05, 0) is 38.3 Å². The Labute approximate surface area is 107 Å². The molecule has 0 radical (unpaired) electrons. The van der Waals surface area contributed by atoms with Gasteiger partial charge >= 0.3 is 0 Å². The van der Waals surface area contributed by atoms with Crippen molar-refractivity contribution in [2.45, 2.75) is 40.2 Å². The summed E-state index contributed by atoms with van der Waals surface area (Å²) in [7, 11) is 0. The van der Waals surface area contributed by atoms with Gasteiger partial charge in [-0.25, -0.2) is 0 Å². The summed E-state index contributed by atoms with van der Waals surface area (Å²) in [4.78, 5) is 4.27. The molecule has 2 rings (SSSR count). The van der Waals surface area contributed by atoms with Crippen molar-refractivity contribution in [3.8, 4) is 11.5 Å².